The molecule has 0 saturated carbocycles. The molecule has 0 aliphatic heterocycles. The zero-order valence-corrected chi connectivity index (χ0v) is 16.9. The lowest BCUT2D eigenvalue weighted by molar-refractivity contribution is 0.0526. The fourth-order valence-corrected chi connectivity index (χ4v) is 2.89. The van der Waals surface area contributed by atoms with E-state index < -0.39 is 0 Å². The quantitative estimate of drug-likeness (QED) is 0.469. The third-order valence-electron chi connectivity index (χ3n) is 4.35. The molecule has 2 aromatic carbocycles. The summed E-state index contributed by atoms with van der Waals surface area (Å²) in [6.07, 6.45) is 0. The van der Waals surface area contributed by atoms with E-state index in [2.05, 4.69) is 24.8 Å². The third-order valence-corrected chi connectivity index (χ3v) is 4.35. The van der Waals surface area contributed by atoms with Gasteiger partial charge in [0.15, 0.2) is 0 Å². The van der Waals surface area contributed by atoms with Gasteiger partial charge in [-0.2, -0.15) is 0 Å². The minimum atomic E-state index is -0.285. The fraction of sp³-hybridized carbons (Fsp3) is 0.304. The number of benzene rings is 2. The van der Waals surface area contributed by atoms with Crippen molar-refractivity contribution >= 4 is 22.6 Å². The summed E-state index contributed by atoms with van der Waals surface area (Å²) in [6.45, 7) is 10.3. The van der Waals surface area contributed by atoms with E-state index in [1.165, 1.54) is 6.07 Å². The molecule has 0 fully saturated rings. The molecule has 3 rings (SSSR count). The van der Waals surface area contributed by atoms with Crippen molar-refractivity contribution in [2.24, 2.45) is 0 Å². The Balaban J connectivity index is 0.000000221. The molecule has 0 N–H and O–H groups in total. The number of esters is 1. The number of anilines is 1. The maximum Gasteiger partial charge on any atom is 0.338 e. The molecule has 0 atom stereocenters. The molecule has 0 unspecified atom stereocenters. The number of fused-ring (bicyclic) bond motifs is 1. The van der Waals surface area contributed by atoms with Crippen LogP contribution in [0.1, 0.15) is 36.7 Å². The first-order chi connectivity index (χ1) is 13.5. The Hall–Kier alpha value is -3.08. The van der Waals surface area contributed by atoms with Crippen molar-refractivity contribution in [1.29, 1.82) is 0 Å². The van der Waals surface area contributed by atoms with E-state index in [-0.39, 0.29) is 11.6 Å². The lowest BCUT2D eigenvalue weighted by Gasteiger charge is -2.21. The van der Waals surface area contributed by atoms with Crippen molar-refractivity contribution in [3.05, 3.63) is 76.1 Å². The first-order valence-electron chi connectivity index (χ1n) is 9.51. The number of carbonyl (C=O) groups is 1. The number of hydrogen-bond donors (Lipinski definition) is 0. The van der Waals surface area contributed by atoms with Crippen molar-refractivity contribution in [2.45, 2.75) is 27.7 Å². The minimum Gasteiger partial charge on any atom is -0.462 e. The molecule has 3 aromatic rings. The van der Waals surface area contributed by atoms with Crippen LogP contribution in [0.15, 0.2) is 63.8 Å². The van der Waals surface area contributed by atoms with Gasteiger partial charge in [-0.1, -0.05) is 18.2 Å². The number of nitrogens with zero attached hydrogens (tertiary/aromatic N) is 1. The van der Waals surface area contributed by atoms with Crippen molar-refractivity contribution in [2.75, 3.05) is 24.6 Å². The number of carbonyl (C=O) groups excluding carboxylic acids is 1. The highest BCUT2D eigenvalue weighted by atomic mass is 16.5. The summed E-state index contributed by atoms with van der Waals surface area (Å²) in [5.41, 5.74) is 3.04. The van der Waals surface area contributed by atoms with Crippen LogP contribution in [0, 0.1) is 6.92 Å². The second-order valence-electron chi connectivity index (χ2n) is 6.19. The van der Waals surface area contributed by atoms with E-state index in [0.29, 0.717) is 17.8 Å². The van der Waals surface area contributed by atoms with Gasteiger partial charge in [0, 0.05) is 36.3 Å². The van der Waals surface area contributed by atoms with E-state index >= 15 is 0 Å². The summed E-state index contributed by atoms with van der Waals surface area (Å²) in [7, 11) is 0. The van der Waals surface area contributed by atoms with E-state index in [0.717, 1.165) is 29.7 Å². The Labute approximate surface area is 165 Å². The Morgan fingerprint density at radius 1 is 1.00 bits per heavy atom. The van der Waals surface area contributed by atoms with Crippen molar-refractivity contribution < 1.29 is 13.9 Å². The van der Waals surface area contributed by atoms with Crippen molar-refractivity contribution in [1.82, 2.24) is 0 Å². The topological polar surface area (TPSA) is 59.8 Å². The molecule has 0 bridgehead atoms. The number of hydrogen-bond acceptors (Lipinski definition) is 5. The molecule has 0 saturated heterocycles. The Morgan fingerprint density at radius 2 is 1.68 bits per heavy atom. The van der Waals surface area contributed by atoms with Crippen LogP contribution >= 0.6 is 0 Å². The van der Waals surface area contributed by atoms with E-state index in [9.17, 15) is 9.59 Å². The van der Waals surface area contributed by atoms with Crippen molar-refractivity contribution in [3.8, 4) is 0 Å². The highest BCUT2D eigenvalue weighted by molar-refractivity contribution is 5.89. The summed E-state index contributed by atoms with van der Waals surface area (Å²) in [5.74, 6) is -0.256. The van der Waals surface area contributed by atoms with Crippen LogP contribution in [0.3, 0.4) is 0 Å². The Bertz CT molecular complexity index is 959. The highest BCUT2D eigenvalue weighted by Gasteiger charge is 2.06. The average Bonchev–Trinajstić information content (AvgIpc) is 2.70. The van der Waals surface area contributed by atoms with Crippen LogP contribution in [0.5, 0.6) is 0 Å². The maximum absolute atomic E-state index is 11.3. The normalized spacial score (nSPS) is 10.1. The van der Waals surface area contributed by atoms with Crippen LogP contribution in [0.25, 0.3) is 11.0 Å². The molecule has 28 heavy (non-hydrogen) atoms. The molecule has 1 heterocycles. The second kappa shape index (κ2) is 10.3. The van der Waals surface area contributed by atoms with Gasteiger partial charge in [-0.3, -0.25) is 0 Å². The molecule has 148 valence electrons. The van der Waals surface area contributed by atoms with Gasteiger partial charge < -0.3 is 14.1 Å². The monoisotopic (exact) mass is 381 g/mol. The molecule has 0 aliphatic carbocycles. The van der Waals surface area contributed by atoms with Gasteiger partial charge in [-0.15, -0.1) is 0 Å². The highest BCUT2D eigenvalue weighted by Crippen LogP contribution is 2.23. The zero-order valence-electron chi connectivity index (χ0n) is 16.9. The van der Waals surface area contributed by atoms with E-state index in [1.54, 1.807) is 19.1 Å². The molecule has 0 aliphatic rings. The van der Waals surface area contributed by atoms with Gasteiger partial charge in [-0.05, 0) is 57.5 Å². The summed E-state index contributed by atoms with van der Waals surface area (Å²) in [4.78, 5) is 24.6. The van der Waals surface area contributed by atoms with Gasteiger partial charge in [-0.25, -0.2) is 9.59 Å². The molecule has 5 heteroatoms. The molecular weight excluding hydrogens is 354 g/mol. The van der Waals surface area contributed by atoms with Gasteiger partial charge >= 0.3 is 11.6 Å². The standard InChI is InChI=1S/C14H17NO2.C9H10O2/c1-4-15(5-2)11-6-7-12-10(3)8-14(16)17-13(12)9-11;1-2-11-9(10)8-6-4-3-5-7-8/h6-9H,4-5H2,1-3H3;3-7H,2H2,1H3. The van der Waals surface area contributed by atoms with Gasteiger partial charge in [0.25, 0.3) is 0 Å². The predicted octanol–water partition coefficient (Wildman–Crippen LogP) is 4.81. The first kappa shape index (κ1) is 21.2. The van der Waals surface area contributed by atoms with Gasteiger partial charge in [0.2, 0.25) is 0 Å². The summed E-state index contributed by atoms with van der Waals surface area (Å²) < 4.78 is 10.0. The summed E-state index contributed by atoms with van der Waals surface area (Å²) in [6, 6.07) is 16.5. The third kappa shape index (κ3) is 5.46. The number of rotatable bonds is 5. The van der Waals surface area contributed by atoms with Crippen LogP contribution < -0.4 is 10.5 Å². The molecule has 0 spiro atoms. The van der Waals surface area contributed by atoms with Gasteiger partial charge in [0.1, 0.15) is 5.58 Å². The molecular formula is C23H27NO4. The lowest BCUT2D eigenvalue weighted by Crippen LogP contribution is -2.21. The summed E-state index contributed by atoms with van der Waals surface area (Å²) >= 11 is 0. The van der Waals surface area contributed by atoms with E-state index in [4.69, 9.17) is 9.15 Å². The summed E-state index contributed by atoms with van der Waals surface area (Å²) in [5, 5.41) is 1.00. The van der Waals surface area contributed by atoms with Crippen molar-refractivity contribution in [3.63, 3.8) is 0 Å². The lowest BCUT2D eigenvalue weighted by atomic mass is 10.1. The number of aryl methyl sites for hydroxylation is 1. The van der Waals surface area contributed by atoms with Crippen LogP contribution in [-0.4, -0.2) is 25.7 Å². The predicted molar refractivity (Wildman–Crippen MR) is 113 cm³/mol. The van der Waals surface area contributed by atoms with Crippen LogP contribution in [0.4, 0.5) is 5.69 Å². The largest absolute Gasteiger partial charge is 0.462 e. The molecule has 0 radical (unpaired) electrons. The van der Waals surface area contributed by atoms with Crippen LogP contribution in [-0.2, 0) is 4.74 Å². The number of ether oxygens (including phenoxy) is 1. The maximum atomic E-state index is 11.3. The SMILES string of the molecule is CCN(CC)c1ccc2c(C)cc(=O)oc2c1.CCOC(=O)c1ccccc1. The van der Waals surface area contributed by atoms with Gasteiger partial charge in [0.05, 0.1) is 12.2 Å². The molecule has 1 aromatic heterocycles. The zero-order chi connectivity index (χ0) is 20.5. The second-order valence-corrected chi connectivity index (χ2v) is 6.19. The Morgan fingerprint density at radius 3 is 2.29 bits per heavy atom. The van der Waals surface area contributed by atoms with Crippen LogP contribution in [0.2, 0.25) is 0 Å². The smallest absolute Gasteiger partial charge is 0.338 e. The minimum absolute atomic E-state index is 0.256. The molecule has 0 amide bonds. The first-order valence-corrected chi connectivity index (χ1v) is 9.51. The fourth-order valence-electron chi connectivity index (χ4n) is 2.89. The Kier molecular flexibility index (Phi) is 7.81. The average molecular weight is 381 g/mol. The van der Waals surface area contributed by atoms with E-state index in [1.807, 2.05) is 37.3 Å². The molecule has 5 nitrogen and oxygen atoms in total.